The molecule has 2 N–H and O–H groups in total. The fraction of sp³-hybridized carbons (Fsp3) is 0.303. The molecule has 0 bridgehead atoms. The van der Waals surface area contributed by atoms with Crippen molar-refractivity contribution >= 4 is 29.7 Å². The highest BCUT2D eigenvalue weighted by molar-refractivity contribution is 5.95. The lowest BCUT2D eigenvalue weighted by Crippen LogP contribution is -2.53. The van der Waals surface area contributed by atoms with Crippen LogP contribution in [-0.2, 0) is 31.9 Å². The lowest BCUT2D eigenvalue weighted by atomic mass is 10.1. The molecule has 4 amide bonds. The summed E-state index contributed by atoms with van der Waals surface area (Å²) < 4.78 is 9.87. The second kappa shape index (κ2) is 17.6. The first kappa shape index (κ1) is 33.1. The summed E-state index contributed by atoms with van der Waals surface area (Å²) in [4.78, 5) is 55.0. The molecule has 0 radical (unpaired) electrons. The van der Waals surface area contributed by atoms with Crippen molar-refractivity contribution in [3.8, 4) is 6.07 Å². The van der Waals surface area contributed by atoms with Crippen molar-refractivity contribution in [3.05, 3.63) is 102 Å². The minimum atomic E-state index is -0.966. The topological polar surface area (TPSA) is 141 Å². The number of ether oxygens (including phenoxy) is 2. The Bertz CT molecular complexity index is 1400. The third-order valence-electron chi connectivity index (χ3n) is 6.82. The fourth-order valence-corrected chi connectivity index (χ4v) is 4.51. The van der Waals surface area contributed by atoms with Crippen LogP contribution >= 0.6 is 0 Å². The third-order valence-corrected chi connectivity index (χ3v) is 6.82. The molecule has 0 fully saturated rings. The molecule has 0 aromatic heterocycles. The molecule has 0 saturated heterocycles. The smallest absolute Gasteiger partial charge is 0.328 e. The molecule has 11 nitrogen and oxygen atoms in total. The van der Waals surface area contributed by atoms with Gasteiger partial charge in [-0.05, 0) is 23.3 Å². The number of carbonyl (C=O) groups is 4. The second-order valence-corrected chi connectivity index (χ2v) is 9.81. The number of hydrogen-bond acceptors (Lipinski definition) is 7. The van der Waals surface area contributed by atoms with E-state index in [2.05, 4.69) is 10.6 Å². The quantitative estimate of drug-likeness (QED) is 0.269. The van der Waals surface area contributed by atoms with Gasteiger partial charge in [0.15, 0.2) is 0 Å². The Morgan fingerprint density at radius 1 is 0.682 bits per heavy atom. The Labute approximate surface area is 257 Å². The summed E-state index contributed by atoms with van der Waals surface area (Å²) in [5.74, 6) is -1.21. The Morgan fingerprint density at radius 2 is 1.14 bits per heavy atom. The van der Waals surface area contributed by atoms with Crippen LogP contribution in [0.2, 0.25) is 0 Å². The van der Waals surface area contributed by atoms with E-state index in [4.69, 9.17) is 9.47 Å². The number of nitrogens with one attached hydrogen (secondary N) is 2. The lowest BCUT2D eigenvalue weighted by molar-refractivity contribution is -0.143. The average molecular weight is 600 g/mol. The van der Waals surface area contributed by atoms with Gasteiger partial charge in [-0.25, -0.2) is 19.2 Å². The maximum absolute atomic E-state index is 13.6. The number of urea groups is 2. The fourth-order valence-electron chi connectivity index (χ4n) is 4.51. The van der Waals surface area contributed by atoms with Gasteiger partial charge in [-0.2, -0.15) is 5.26 Å². The number of benzene rings is 3. The number of nitrogens with zero attached hydrogens (tertiary/aromatic N) is 3. The molecule has 0 heterocycles. The summed E-state index contributed by atoms with van der Waals surface area (Å²) in [6, 6.07) is 26.2. The zero-order chi connectivity index (χ0) is 31.7. The van der Waals surface area contributed by atoms with E-state index in [0.717, 1.165) is 11.1 Å². The van der Waals surface area contributed by atoms with Gasteiger partial charge in [0.05, 0.1) is 26.7 Å². The van der Waals surface area contributed by atoms with Gasteiger partial charge in [-0.1, -0.05) is 78.9 Å². The van der Waals surface area contributed by atoms with Crippen LogP contribution < -0.4 is 15.5 Å². The molecule has 3 aromatic rings. The van der Waals surface area contributed by atoms with Crippen molar-refractivity contribution in [2.75, 3.05) is 38.8 Å². The van der Waals surface area contributed by atoms with Crippen molar-refractivity contribution in [2.24, 2.45) is 0 Å². The van der Waals surface area contributed by atoms with Crippen molar-refractivity contribution in [3.63, 3.8) is 0 Å². The van der Waals surface area contributed by atoms with Crippen LogP contribution in [0.15, 0.2) is 91.0 Å². The number of para-hydroxylation sites is 1. The second-order valence-electron chi connectivity index (χ2n) is 9.81. The Balaban J connectivity index is 1.79. The SMILES string of the molecule is COC(=O)[C@H](Cc1ccccc1)NC(=O)N(CCC#N)CCN(C(=O)N[C@H](Cc1ccccc1)C(=O)OC)c1ccccc1. The molecule has 0 aliphatic carbocycles. The monoisotopic (exact) mass is 599 g/mol. The molecule has 0 aliphatic heterocycles. The lowest BCUT2D eigenvalue weighted by Gasteiger charge is -2.30. The van der Waals surface area contributed by atoms with Crippen LogP contribution in [0.4, 0.5) is 15.3 Å². The van der Waals surface area contributed by atoms with E-state index >= 15 is 0 Å². The van der Waals surface area contributed by atoms with E-state index in [1.165, 1.54) is 24.0 Å². The van der Waals surface area contributed by atoms with E-state index in [9.17, 15) is 24.4 Å². The molecule has 0 spiro atoms. The number of esters is 2. The number of hydrogen-bond donors (Lipinski definition) is 2. The van der Waals surface area contributed by atoms with E-state index in [0.29, 0.717) is 5.69 Å². The Morgan fingerprint density at radius 3 is 1.59 bits per heavy atom. The van der Waals surface area contributed by atoms with Crippen LogP contribution in [0.1, 0.15) is 17.5 Å². The summed E-state index contributed by atoms with van der Waals surface area (Å²) in [5, 5.41) is 14.7. The van der Waals surface area contributed by atoms with Gasteiger partial charge >= 0.3 is 24.0 Å². The summed E-state index contributed by atoms with van der Waals surface area (Å²) in [6.45, 7) is 0.108. The Hall–Kier alpha value is -5.37. The van der Waals surface area contributed by atoms with E-state index in [-0.39, 0.29) is 38.9 Å². The first-order valence-corrected chi connectivity index (χ1v) is 14.1. The predicted octanol–water partition coefficient (Wildman–Crippen LogP) is 3.70. The minimum absolute atomic E-state index is 0.0233. The molecular weight excluding hydrogens is 562 g/mol. The van der Waals surface area contributed by atoms with Gasteiger partial charge < -0.3 is 25.0 Å². The normalized spacial score (nSPS) is 11.7. The average Bonchev–Trinajstić information content (AvgIpc) is 3.06. The van der Waals surface area contributed by atoms with Crippen molar-refractivity contribution in [1.82, 2.24) is 15.5 Å². The van der Waals surface area contributed by atoms with Crippen molar-refractivity contribution in [2.45, 2.75) is 31.3 Å². The number of rotatable bonds is 14. The van der Waals surface area contributed by atoms with Gasteiger partial charge in [0.2, 0.25) is 0 Å². The van der Waals surface area contributed by atoms with E-state index in [1.54, 1.807) is 30.3 Å². The van der Waals surface area contributed by atoms with Gasteiger partial charge in [-0.15, -0.1) is 0 Å². The number of amides is 4. The number of anilines is 1. The predicted molar refractivity (Wildman–Crippen MR) is 165 cm³/mol. The van der Waals surface area contributed by atoms with E-state index in [1.807, 2.05) is 66.7 Å². The van der Waals surface area contributed by atoms with Crippen LogP contribution in [-0.4, -0.2) is 74.8 Å². The molecule has 0 unspecified atom stereocenters. The zero-order valence-corrected chi connectivity index (χ0v) is 24.8. The summed E-state index contributed by atoms with van der Waals surface area (Å²) in [6.07, 6.45) is 0.461. The van der Waals surface area contributed by atoms with Gasteiger partial charge in [0, 0.05) is 38.2 Å². The maximum atomic E-state index is 13.6. The first-order chi connectivity index (χ1) is 21.4. The van der Waals surface area contributed by atoms with Crippen molar-refractivity contribution in [1.29, 1.82) is 5.26 Å². The van der Waals surface area contributed by atoms with Crippen molar-refractivity contribution < 1.29 is 28.7 Å². The molecule has 0 aliphatic rings. The number of methoxy groups -OCH3 is 2. The molecule has 3 rings (SSSR count). The highest BCUT2D eigenvalue weighted by Crippen LogP contribution is 2.15. The molecule has 0 saturated carbocycles. The van der Waals surface area contributed by atoms with Gasteiger partial charge in [0.1, 0.15) is 12.1 Å². The highest BCUT2D eigenvalue weighted by atomic mass is 16.5. The number of nitriles is 1. The number of carbonyl (C=O) groups excluding carboxylic acids is 4. The zero-order valence-electron chi connectivity index (χ0n) is 24.8. The maximum Gasteiger partial charge on any atom is 0.328 e. The van der Waals surface area contributed by atoms with Crippen LogP contribution in [0.5, 0.6) is 0 Å². The summed E-state index contributed by atoms with van der Waals surface area (Å²) in [5.41, 5.74) is 2.20. The summed E-state index contributed by atoms with van der Waals surface area (Å²) >= 11 is 0. The van der Waals surface area contributed by atoms with Gasteiger partial charge in [0.25, 0.3) is 0 Å². The van der Waals surface area contributed by atoms with Gasteiger partial charge in [-0.3, -0.25) is 4.90 Å². The molecule has 230 valence electrons. The molecule has 44 heavy (non-hydrogen) atoms. The molecular formula is C33H37N5O6. The minimum Gasteiger partial charge on any atom is -0.467 e. The van der Waals surface area contributed by atoms with Crippen LogP contribution in [0, 0.1) is 11.3 Å². The van der Waals surface area contributed by atoms with Crippen LogP contribution in [0.3, 0.4) is 0 Å². The summed E-state index contributed by atoms with van der Waals surface area (Å²) in [7, 11) is 2.50. The highest BCUT2D eigenvalue weighted by Gasteiger charge is 2.28. The van der Waals surface area contributed by atoms with E-state index < -0.39 is 36.1 Å². The Kier molecular flexibility index (Phi) is 13.2. The standard InChI is InChI=1S/C33H37N5O6/c1-43-30(39)28(23-25-13-6-3-7-14-25)35-32(41)37(20-12-19-34)21-22-38(27-17-10-5-11-18-27)33(42)36-29(31(40)44-2)24-26-15-8-4-9-16-26/h3-11,13-18,28-29H,12,20-24H2,1-2H3,(H,35,41)(H,36,42)/t28-,29+/m0/s1. The molecule has 3 aromatic carbocycles. The van der Waals surface area contributed by atoms with Crippen LogP contribution in [0.25, 0.3) is 0 Å². The first-order valence-electron chi connectivity index (χ1n) is 14.1. The molecule has 2 atom stereocenters. The third kappa shape index (κ3) is 10.2. The largest absolute Gasteiger partial charge is 0.467 e. The molecule has 11 heteroatoms.